The molecule has 0 N–H and O–H groups in total. The van der Waals surface area contributed by atoms with Crippen LogP contribution >= 0.6 is 10.7 Å². The summed E-state index contributed by atoms with van der Waals surface area (Å²) in [6, 6.07) is 1.67. The Morgan fingerprint density at radius 2 is 2.00 bits per heavy atom. The van der Waals surface area contributed by atoms with Crippen LogP contribution in [0.3, 0.4) is 0 Å². The van der Waals surface area contributed by atoms with E-state index < -0.39 is 9.33 Å². The van der Waals surface area contributed by atoms with Gasteiger partial charge in [-0.05, 0) is 6.07 Å². The van der Waals surface area contributed by atoms with Crippen LogP contribution in [0, 0.1) is 0 Å². The summed E-state index contributed by atoms with van der Waals surface area (Å²) in [4.78, 5) is 7.74. The molecule has 1 heterocycles. The van der Waals surface area contributed by atoms with Gasteiger partial charge in [0.25, 0.3) is 0 Å². The Morgan fingerprint density at radius 1 is 1.38 bits per heavy atom. The van der Waals surface area contributed by atoms with E-state index in [1.807, 2.05) is 0 Å². The van der Waals surface area contributed by atoms with Crippen molar-refractivity contribution >= 4 is 20.0 Å². The van der Waals surface area contributed by atoms with Crippen molar-refractivity contribution < 1.29 is 12.6 Å². The summed E-state index contributed by atoms with van der Waals surface area (Å²) in [5.41, 5.74) is 0. The zero-order valence-corrected chi connectivity index (χ0v) is 8.12. The van der Waals surface area contributed by atoms with E-state index >= 15 is 0 Å². The van der Waals surface area contributed by atoms with Crippen LogP contribution in [-0.2, 0) is 19.9 Å². The quantitative estimate of drug-likeness (QED) is 0.695. The molecule has 72 valence electrons. The summed E-state index contributed by atoms with van der Waals surface area (Å²) in [7, 11) is 0.931. The zero-order valence-electron chi connectivity index (χ0n) is 6.55. The lowest BCUT2D eigenvalue weighted by Crippen LogP contribution is -2.04. The van der Waals surface area contributed by atoms with Crippen LogP contribution in [0.15, 0.2) is 18.5 Å². The molecular formula is C6H7ClN2O3S. The summed E-state index contributed by atoms with van der Waals surface area (Å²) in [6.07, 6.45) is 3.45. The summed E-state index contributed by atoms with van der Waals surface area (Å²) in [5, 5.41) is 0. The third-order valence-corrected chi connectivity index (χ3v) is 1.88. The summed E-state index contributed by atoms with van der Waals surface area (Å²) in [6.45, 7) is -0.0458. The lowest BCUT2D eigenvalue weighted by atomic mass is 10.4. The number of hydrogen-bond donors (Lipinski definition) is 0. The van der Waals surface area contributed by atoms with Crippen molar-refractivity contribution in [3.05, 3.63) is 24.3 Å². The van der Waals surface area contributed by atoms with Gasteiger partial charge in [0.15, 0.2) is 0 Å². The first kappa shape index (κ1) is 10.4. The molecule has 0 aliphatic carbocycles. The third kappa shape index (κ3) is 4.76. The van der Waals surface area contributed by atoms with Crippen LogP contribution < -0.4 is 0 Å². The van der Waals surface area contributed by atoms with Crippen molar-refractivity contribution in [2.75, 3.05) is 6.61 Å². The predicted molar refractivity (Wildman–Crippen MR) is 46.5 cm³/mol. The number of hydrogen-bond acceptors (Lipinski definition) is 5. The maximum atomic E-state index is 10.3. The second kappa shape index (κ2) is 4.50. The van der Waals surface area contributed by atoms with Crippen molar-refractivity contribution in [2.24, 2.45) is 0 Å². The maximum Gasteiger partial charge on any atom is 0.355 e. The predicted octanol–water partition coefficient (Wildman–Crippen LogP) is 0.519. The Morgan fingerprint density at radius 3 is 2.54 bits per heavy atom. The summed E-state index contributed by atoms with van der Waals surface area (Å²) in [5.74, 6) is 0.516. The largest absolute Gasteiger partial charge is 0.355 e. The maximum absolute atomic E-state index is 10.3. The van der Waals surface area contributed by atoms with E-state index in [0.717, 1.165) is 0 Å². The first-order valence-corrected chi connectivity index (χ1v) is 5.66. The Bertz CT molecular complexity index is 353. The highest BCUT2D eigenvalue weighted by molar-refractivity contribution is 8.09. The van der Waals surface area contributed by atoms with Gasteiger partial charge in [0.1, 0.15) is 5.82 Å². The van der Waals surface area contributed by atoms with Crippen molar-refractivity contribution in [3.8, 4) is 0 Å². The first-order chi connectivity index (χ1) is 6.08. The van der Waals surface area contributed by atoms with Gasteiger partial charge < -0.3 is 0 Å². The molecular weight excluding hydrogens is 216 g/mol. The molecule has 1 rings (SSSR count). The minimum absolute atomic E-state index is 0.0458. The fraction of sp³-hybridized carbons (Fsp3) is 0.333. The van der Waals surface area contributed by atoms with E-state index in [-0.39, 0.29) is 6.61 Å². The lowest BCUT2D eigenvalue weighted by Gasteiger charge is -1.97. The van der Waals surface area contributed by atoms with Crippen molar-refractivity contribution in [3.63, 3.8) is 0 Å². The van der Waals surface area contributed by atoms with Gasteiger partial charge in [-0.3, -0.25) is 4.18 Å². The van der Waals surface area contributed by atoms with Crippen LogP contribution in [0.1, 0.15) is 5.82 Å². The van der Waals surface area contributed by atoms with Gasteiger partial charge in [-0.1, -0.05) is 0 Å². The van der Waals surface area contributed by atoms with Crippen LogP contribution in [0.4, 0.5) is 0 Å². The molecule has 0 saturated carbocycles. The Kier molecular flexibility index (Phi) is 3.58. The van der Waals surface area contributed by atoms with Crippen molar-refractivity contribution in [2.45, 2.75) is 6.42 Å². The van der Waals surface area contributed by atoms with Crippen LogP contribution in [0.25, 0.3) is 0 Å². The van der Waals surface area contributed by atoms with E-state index in [0.29, 0.717) is 12.2 Å². The van der Waals surface area contributed by atoms with E-state index in [9.17, 15) is 8.42 Å². The molecule has 0 aromatic carbocycles. The average Bonchev–Trinajstić information content (AvgIpc) is 2.04. The molecule has 1 aromatic rings. The van der Waals surface area contributed by atoms with Gasteiger partial charge in [-0.2, -0.15) is 8.42 Å². The molecule has 0 spiro atoms. The fourth-order valence-corrected chi connectivity index (χ4v) is 1.16. The molecule has 0 radical (unpaired) electrons. The van der Waals surface area contributed by atoms with Crippen molar-refractivity contribution in [1.82, 2.24) is 9.97 Å². The molecule has 13 heavy (non-hydrogen) atoms. The van der Waals surface area contributed by atoms with Gasteiger partial charge >= 0.3 is 9.33 Å². The second-order valence-electron chi connectivity index (χ2n) is 2.13. The van der Waals surface area contributed by atoms with Crippen molar-refractivity contribution in [1.29, 1.82) is 0 Å². The smallest absolute Gasteiger partial charge is 0.258 e. The minimum atomic E-state index is -3.88. The molecule has 7 heteroatoms. The standard InChI is InChI=1S/C6H7ClN2O3S/c7-13(10,11)12-5-2-6-8-3-1-4-9-6/h1,3-4H,2,5H2. The summed E-state index contributed by atoms with van der Waals surface area (Å²) < 4.78 is 24.9. The molecule has 1 aromatic heterocycles. The number of halogens is 1. The van der Waals surface area contributed by atoms with Crippen LogP contribution in [-0.4, -0.2) is 25.0 Å². The van der Waals surface area contributed by atoms with E-state index in [2.05, 4.69) is 14.2 Å². The van der Waals surface area contributed by atoms with Gasteiger partial charge in [-0.15, -0.1) is 0 Å². The number of nitrogens with zero attached hydrogens (tertiary/aromatic N) is 2. The highest BCUT2D eigenvalue weighted by atomic mass is 35.7. The number of rotatable bonds is 4. The molecule has 0 aliphatic heterocycles. The van der Waals surface area contributed by atoms with Gasteiger partial charge in [-0.25, -0.2) is 9.97 Å². The SMILES string of the molecule is O=S(=O)(Cl)OCCc1ncccn1. The Balaban J connectivity index is 2.37. The van der Waals surface area contributed by atoms with Gasteiger partial charge in [0.05, 0.1) is 6.61 Å². The van der Waals surface area contributed by atoms with Gasteiger partial charge in [0.2, 0.25) is 0 Å². The Hall–Kier alpha value is -0.720. The molecule has 5 nitrogen and oxygen atoms in total. The monoisotopic (exact) mass is 222 g/mol. The lowest BCUT2D eigenvalue weighted by molar-refractivity contribution is 0.329. The molecule has 0 fully saturated rings. The Labute approximate surface area is 80.4 Å². The summed E-state index contributed by atoms with van der Waals surface area (Å²) >= 11 is 0. The van der Waals surface area contributed by atoms with Crippen LogP contribution in [0.2, 0.25) is 0 Å². The molecule has 0 aliphatic rings. The second-order valence-corrected chi connectivity index (χ2v) is 4.29. The molecule has 0 amide bonds. The number of aromatic nitrogens is 2. The molecule has 0 atom stereocenters. The van der Waals surface area contributed by atoms with E-state index in [1.54, 1.807) is 18.5 Å². The highest BCUT2D eigenvalue weighted by Crippen LogP contribution is 1.99. The third-order valence-electron chi connectivity index (χ3n) is 1.17. The minimum Gasteiger partial charge on any atom is -0.258 e. The topological polar surface area (TPSA) is 69.2 Å². The highest BCUT2D eigenvalue weighted by Gasteiger charge is 2.04. The molecule has 0 unspecified atom stereocenters. The molecule has 0 saturated heterocycles. The zero-order chi connectivity index (χ0) is 9.73. The van der Waals surface area contributed by atoms with Crippen LogP contribution in [0.5, 0.6) is 0 Å². The molecule has 0 bridgehead atoms. The fourth-order valence-electron chi connectivity index (χ4n) is 0.692. The van der Waals surface area contributed by atoms with E-state index in [4.69, 9.17) is 10.7 Å². The average molecular weight is 223 g/mol. The normalized spacial score (nSPS) is 11.5. The first-order valence-electron chi connectivity index (χ1n) is 3.43. The van der Waals surface area contributed by atoms with E-state index in [1.165, 1.54) is 0 Å². The van der Waals surface area contributed by atoms with Gasteiger partial charge in [0, 0.05) is 29.5 Å².